The van der Waals surface area contributed by atoms with E-state index >= 15 is 0 Å². The lowest BCUT2D eigenvalue weighted by atomic mass is 10.1. The van der Waals surface area contributed by atoms with Crippen molar-refractivity contribution in [1.29, 1.82) is 0 Å². The molecule has 0 aliphatic heterocycles. The first-order valence-electron chi connectivity index (χ1n) is 7.13. The average Bonchev–Trinajstić information content (AvgIpc) is 3.18. The number of hydrogen-bond acceptors (Lipinski definition) is 4. The van der Waals surface area contributed by atoms with Gasteiger partial charge in [0.25, 0.3) is 0 Å². The quantitative estimate of drug-likeness (QED) is 0.648. The van der Waals surface area contributed by atoms with Gasteiger partial charge in [-0.1, -0.05) is 18.2 Å². The van der Waals surface area contributed by atoms with E-state index in [2.05, 4.69) is 15.3 Å². The summed E-state index contributed by atoms with van der Waals surface area (Å²) in [5.41, 5.74) is 2.18. The number of aromatic nitrogens is 2. The molecule has 3 N–H and O–H groups in total. The van der Waals surface area contributed by atoms with Crippen LogP contribution in [0.2, 0.25) is 0 Å². The minimum atomic E-state index is -1.06. The third-order valence-corrected chi connectivity index (χ3v) is 4.35. The fraction of sp³-hybridized carbons (Fsp3) is 0.188. The molecule has 0 saturated carbocycles. The zero-order chi connectivity index (χ0) is 16.2. The molecule has 6 nitrogen and oxygen atoms in total. The number of aromatic carboxylic acids is 1. The summed E-state index contributed by atoms with van der Waals surface area (Å²) in [7, 11) is 0. The Bertz CT molecular complexity index is 853. The van der Waals surface area contributed by atoms with Crippen molar-refractivity contribution in [3.05, 3.63) is 52.1 Å². The molecule has 2 aromatic heterocycles. The highest BCUT2D eigenvalue weighted by molar-refractivity contribution is 7.09. The molecule has 23 heavy (non-hydrogen) atoms. The first kappa shape index (κ1) is 15.2. The summed E-state index contributed by atoms with van der Waals surface area (Å²) < 4.78 is 0. The van der Waals surface area contributed by atoms with Gasteiger partial charge < -0.3 is 15.4 Å². The van der Waals surface area contributed by atoms with Gasteiger partial charge in [-0.15, -0.1) is 11.3 Å². The zero-order valence-corrected chi connectivity index (χ0v) is 13.0. The summed E-state index contributed by atoms with van der Waals surface area (Å²) in [5.74, 6) is -1.14. The third-order valence-electron chi connectivity index (χ3n) is 3.50. The minimum Gasteiger partial charge on any atom is -0.476 e. The van der Waals surface area contributed by atoms with Crippen LogP contribution in [0.1, 0.15) is 27.5 Å². The fourth-order valence-corrected chi connectivity index (χ4v) is 3.05. The Morgan fingerprint density at radius 3 is 2.91 bits per heavy atom. The van der Waals surface area contributed by atoms with Crippen LogP contribution in [0.25, 0.3) is 10.9 Å². The van der Waals surface area contributed by atoms with Gasteiger partial charge in [-0.25, -0.2) is 9.78 Å². The summed E-state index contributed by atoms with van der Waals surface area (Å²) in [6.07, 6.45) is 2.95. The van der Waals surface area contributed by atoms with Gasteiger partial charge >= 0.3 is 5.97 Å². The van der Waals surface area contributed by atoms with E-state index in [1.807, 2.05) is 30.5 Å². The molecule has 7 heteroatoms. The maximum atomic E-state index is 11.9. The topological polar surface area (TPSA) is 95.1 Å². The Morgan fingerprint density at radius 2 is 2.13 bits per heavy atom. The summed E-state index contributed by atoms with van der Waals surface area (Å²) in [4.78, 5) is 29.8. The molecule has 0 radical (unpaired) electrons. The SMILES string of the molecule is O=C(CCc1c[nH]c2ccccc12)NCc1nc(C(=O)O)cs1. The van der Waals surface area contributed by atoms with E-state index in [9.17, 15) is 9.59 Å². The van der Waals surface area contributed by atoms with Crippen molar-refractivity contribution in [2.75, 3.05) is 0 Å². The monoisotopic (exact) mass is 329 g/mol. The Labute approximate surface area is 136 Å². The van der Waals surface area contributed by atoms with Gasteiger partial charge in [-0.2, -0.15) is 0 Å². The number of thiazole rings is 1. The van der Waals surface area contributed by atoms with E-state index in [-0.39, 0.29) is 18.1 Å². The number of aromatic amines is 1. The van der Waals surface area contributed by atoms with Crippen LogP contribution in [0.4, 0.5) is 0 Å². The van der Waals surface area contributed by atoms with E-state index in [4.69, 9.17) is 5.11 Å². The second-order valence-electron chi connectivity index (χ2n) is 5.07. The van der Waals surface area contributed by atoms with Gasteiger partial charge in [-0.05, 0) is 18.1 Å². The number of carbonyl (C=O) groups is 2. The molecular formula is C16H15N3O3S. The lowest BCUT2D eigenvalue weighted by Crippen LogP contribution is -2.23. The van der Waals surface area contributed by atoms with Gasteiger partial charge in [-0.3, -0.25) is 4.79 Å². The Morgan fingerprint density at radius 1 is 1.30 bits per heavy atom. The number of rotatable bonds is 6. The highest BCUT2D eigenvalue weighted by atomic mass is 32.1. The van der Waals surface area contributed by atoms with Gasteiger partial charge in [0.15, 0.2) is 5.69 Å². The number of para-hydroxylation sites is 1. The van der Waals surface area contributed by atoms with Gasteiger partial charge in [0, 0.05) is 28.9 Å². The number of H-pyrrole nitrogens is 1. The van der Waals surface area contributed by atoms with E-state index < -0.39 is 5.97 Å². The molecule has 0 atom stereocenters. The Balaban J connectivity index is 1.52. The lowest BCUT2D eigenvalue weighted by molar-refractivity contribution is -0.121. The Kier molecular flexibility index (Phi) is 4.38. The molecule has 0 spiro atoms. The van der Waals surface area contributed by atoms with Crippen molar-refractivity contribution in [2.45, 2.75) is 19.4 Å². The third kappa shape index (κ3) is 3.57. The summed E-state index contributed by atoms with van der Waals surface area (Å²) in [6, 6.07) is 7.97. The largest absolute Gasteiger partial charge is 0.476 e. The van der Waals surface area contributed by atoms with Crippen LogP contribution in [-0.4, -0.2) is 27.0 Å². The van der Waals surface area contributed by atoms with Crippen LogP contribution in [0.5, 0.6) is 0 Å². The maximum absolute atomic E-state index is 11.9. The molecule has 0 fully saturated rings. The number of hydrogen-bond donors (Lipinski definition) is 3. The molecule has 3 rings (SSSR count). The van der Waals surface area contributed by atoms with Gasteiger partial charge in [0.05, 0.1) is 6.54 Å². The van der Waals surface area contributed by atoms with E-state index in [0.29, 0.717) is 17.8 Å². The number of nitrogens with one attached hydrogen (secondary N) is 2. The molecule has 118 valence electrons. The smallest absolute Gasteiger partial charge is 0.355 e. The first-order chi connectivity index (χ1) is 11.1. The normalized spacial score (nSPS) is 10.8. The van der Waals surface area contributed by atoms with Crippen molar-refractivity contribution < 1.29 is 14.7 Å². The number of nitrogens with zero attached hydrogens (tertiary/aromatic N) is 1. The maximum Gasteiger partial charge on any atom is 0.355 e. The second kappa shape index (κ2) is 6.62. The van der Waals surface area contributed by atoms with Crippen molar-refractivity contribution in [3.63, 3.8) is 0 Å². The van der Waals surface area contributed by atoms with Crippen LogP contribution >= 0.6 is 11.3 Å². The standard InChI is InChI=1S/C16H15N3O3S/c20-14(18-8-15-19-13(9-23-15)16(21)22)6-5-10-7-17-12-4-2-1-3-11(10)12/h1-4,7,9,17H,5-6,8H2,(H,18,20)(H,21,22). The number of carbonyl (C=O) groups excluding carboxylic acids is 1. The predicted octanol–water partition coefficient (Wildman–Crippen LogP) is 2.57. The van der Waals surface area contributed by atoms with Crippen LogP contribution in [0.15, 0.2) is 35.8 Å². The van der Waals surface area contributed by atoms with Crippen LogP contribution in [-0.2, 0) is 17.8 Å². The van der Waals surface area contributed by atoms with Crippen molar-refractivity contribution in [2.24, 2.45) is 0 Å². The molecule has 0 aliphatic rings. The van der Waals surface area contributed by atoms with Crippen LogP contribution in [0, 0.1) is 0 Å². The molecule has 0 saturated heterocycles. The zero-order valence-electron chi connectivity index (χ0n) is 12.2. The van der Waals surface area contributed by atoms with Gasteiger partial charge in [0.1, 0.15) is 5.01 Å². The molecule has 3 aromatic rings. The first-order valence-corrected chi connectivity index (χ1v) is 8.01. The Hall–Kier alpha value is -2.67. The minimum absolute atomic E-state index is 0.0121. The second-order valence-corrected chi connectivity index (χ2v) is 6.01. The van der Waals surface area contributed by atoms with Crippen molar-refractivity contribution in [3.8, 4) is 0 Å². The highest BCUT2D eigenvalue weighted by Crippen LogP contribution is 2.19. The van der Waals surface area contributed by atoms with E-state index in [0.717, 1.165) is 16.5 Å². The van der Waals surface area contributed by atoms with Crippen molar-refractivity contribution in [1.82, 2.24) is 15.3 Å². The van der Waals surface area contributed by atoms with Crippen LogP contribution < -0.4 is 5.32 Å². The molecule has 0 unspecified atom stereocenters. The highest BCUT2D eigenvalue weighted by Gasteiger charge is 2.10. The molecule has 0 aliphatic carbocycles. The van der Waals surface area contributed by atoms with Crippen LogP contribution in [0.3, 0.4) is 0 Å². The number of benzene rings is 1. The van der Waals surface area contributed by atoms with Crippen molar-refractivity contribution >= 4 is 34.1 Å². The number of fused-ring (bicyclic) bond motifs is 1. The van der Waals surface area contributed by atoms with Gasteiger partial charge in [0.2, 0.25) is 5.91 Å². The molecule has 2 heterocycles. The molecule has 1 aromatic carbocycles. The molecule has 1 amide bonds. The fourth-order valence-electron chi connectivity index (χ4n) is 2.34. The summed E-state index contributed by atoms with van der Waals surface area (Å²) in [5, 5.41) is 14.8. The average molecular weight is 329 g/mol. The molecular weight excluding hydrogens is 314 g/mol. The summed E-state index contributed by atoms with van der Waals surface area (Å²) >= 11 is 1.23. The summed E-state index contributed by atoms with van der Waals surface area (Å²) in [6.45, 7) is 0.255. The van der Waals surface area contributed by atoms with E-state index in [1.54, 1.807) is 0 Å². The number of carboxylic acids is 1. The number of carboxylic acid groups (broad SMARTS) is 1. The lowest BCUT2D eigenvalue weighted by Gasteiger charge is -2.03. The molecule has 0 bridgehead atoms. The predicted molar refractivity (Wildman–Crippen MR) is 87.5 cm³/mol. The number of aryl methyl sites for hydroxylation is 1. The van der Waals surface area contributed by atoms with E-state index in [1.165, 1.54) is 16.7 Å². The number of amides is 1.